The quantitative estimate of drug-likeness (QED) is 0.479. The van der Waals surface area contributed by atoms with E-state index in [0.29, 0.717) is 31.2 Å². The van der Waals surface area contributed by atoms with Gasteiger partial charge in [0.1, 0.15) is 5.01 Å². The van der Waals surface area contributed by atoms with Crippen LogP contribution in [0.25, 0.3) is 0 Å². The molecule has 0 spiro atoms. The van der Waals surface area contributed by atoms with Crippen LogP contribution in [0.1, 0.15) is 68.9 Å². The van der Waals surface area contributed by atoms with E-state index in [1.165, 1.54) is 11.3 Å². The predicted octanol–water partition coefficient (Wildman–Crippen LogP) is 3.88. The van der Waals surface area contributed by atoms with Crippen molar-refractivity contribution >= 4 is 23.2 Å². The highest BCUT2D eigenvalue weighted by atomic mass is 32.1. The fourth-order valence-corrected chi connectivity index (χ4v) is 2.95. The Hall–Kier alpha value is -1.43. The smallest absolute Gasteiger partial charge is 0.357 e. The minimum absolute atomic E-state index is 0.156. The lowest BCUT2D eigenvalue weighted by molar-refractivity contribution is -0.132. The average Bonchev–Trinajstić information content (AvgIpc) is 2.94. The third kappa shape index (κ3) is 7.12. The molecule has 0 aliphatic rings. The molecule has 0 N–H and O–H groups in total. The lowest BCUT2D eigenvalue weighted by atomic mass is 10.1. The van der Waals surface area contributed by atoms with Crippen LogP contribution in [0, 0.1) is 5.92 Å². The Bertz CT molecular complexity index is 500. The summed E-state index contributed by atoms with van der Waals surface area (Å²) in [4.78, 5) is 30.3. The van der Waals surface area contributed by atoms with Crippen molar-refractivity contribution in [2.45, 2.75) is 59.9 Å². The average molecular weight is 340 g/mol. The second kappa shape index (κ2) is 10.4. The molecule has 6 heteroatoms. The first-order valence-corrected chi connectivity index (χ1v) is 9.25. The summed E-state index contributed by atoms with van der Waals surface area (Å²) in [7, 11) is 0. The van der Waals surface area contributed by atoms with Crippen molar-refractivity contribution in [2.24, 2.45) is 5.92 Å². The van der Waals surface area contributed by atoms with Crippen LogP contribution in [0.15, 0.2) is 5.38 Å². The number of amides is 1. The van der Waals surface area contributed by atoms with Crippen molar-refractivity contribution in [1.82, 2.24) is 9.88 Å². The van der Waals surface area contributed by atoms with Gasteiger partial charge in [0.15, 0.2) is 5.69 Å². The van der Waals surface area contributed by atoms with Crippen molar-refractivity contribution in [1.29, 1.82) is 0 Å². The van der Waals surface area contributed by atoms with E-state index in [9.17, 15) is 9.59 Å². The predicted molar refractivity (Wildman–Crippen MR) is 92.5 cm³/mol. The molecule has 0 fully saturated rings. The maximum Gasteiger partial charge on any atom is 0.357 e. The van der Waals surface area contributed by atoms with Crippen LogP contribution in [0.5, 0.6) is 0 Å². The Morgan fingerprint density at radius 3 is 2.65 bits per heavy atom. The van der Waals surface area contributed by atoms with E-state index in [0.717, 1.165) is 30.8 Å². The third-order valence-corrected chi connectivity index (χ3v) is 4.16. The van der Waals surface area contributed by atoms with Gasteiger partial charge in [-0.05, 0) is 19.3 Å². The minimum Gasteiger partial charge on any atom is -0.461 e. The number of hydrogen-bond acceptors (Lipinski definition) is 5. The summed E-state index contributed by atoms with van der Waals surface area (Å²) in [5.41, 5.74) is 0.330. The monoisotopic (exact) mass is 340 g/mol. The number of esters is 1. The second-order valence-electron chi connectivity index (χ2n) is 5.97. The number of nitrogens with zero attached hydrogens (tertiary/aromatic N) is 2. The molecule has 0 aliphatic carbocycles. The first-order valence-electron chi connectivity index (χ1n) is 8.37. The van der Waals surface area contributed by atoms with Crippen LogP contribution in [0.4, 0.5) is 0 Å². The Labute approximate surface area is 143 Å². The Morgan fingerprint density at radius 1 is 1.30 bits per heavy atom. The van der Waals surface area contributed by atoms with Gasteiger partial charge in [0, 0.05) is 18.3 Å². The summed E-state index contributed by atoms with van der Waals surface area (Å²) < 4.78 is 4.95. The summed E-state index contributed by atoms with van der Waals surface area (Å²) >= 11 is 1.40. The molecule has 1 heterocycles. The number of ether oxygens (including phenoxy) is 1. The largest absolute Gasteiger partial charge is 0.461 e. The van der Waals surface area contributed by atoms with Gasteiger partial charge in [0.25, 0.3) is 0 Å². The molecule has 0 aromatic carbocycles. The summed E-state index contributed by atoms with van der Waals surface area (Å²) in [5.74, 6) is 0.0904. The van der Waals surface area contributed by atoms with Crippen LogP contribution in [-0.4, -0.2) is 34.9 Å². The lowest BCUT2D eigenvalue weighted by Gasteiger charge is -2.22. The van der Waals surface area contributed by atoms with Crippen molar-refractivity contribution in [3.8, 4) is 0 Å². The normalized spacial score (nSPS) is 10.8. The molecule has 130 valence electrons. The van der Waals surface area contributed by atoms with E-state index in [2.05, 4.69) is 11.9 Å². The lowest BCUT2D eigenvalue weighted by Crippen LogP contribution is -2.32. The summed E-state index contributed by atoms with van der Waals surface area (Å²) in [6.07, 6.45) is 3.77. The van der Waals surface area contributed by atoms with Crippen molar-refractivity contribution in [2.75, 3.05) is 13.2 Å². The van der Waals surface area contributed by atoms with Gasteiger partial charge in [0.05, 0.1) is 13.2 Å². The highest BCUT2D eigenvalue weighted by Crippen LogP contribution is 2.16. The van der Waals surface area contributed by atoms with E-state index in [1.54, 1.807) is 12.3 Å². The van der Waals surface area contributed by atoms with Crippen LogP contribution >= 0.6 is 11.3 Å². The number of carbonyl (C=O) groups is 2. The van der Waals surface area contributed by atoms with E-state index >= 15 is 0 Å². The van der Waals surface area contributed by atoms with Gasteiger partial charge in [-0.15, -0.1) is 11.3 Å². The standard InChI is InChI=1S/C17H28N2O3S/c1-5-7-8-9-19(16(20)10-13(3)4)11-15-18-14(12-23-15)17(21)22-6-2/h12-13H,5-11H2,1-4H3. The molecule has 1 aromatic heterocycles. The summed E-state index contributed by atoms with van der Waals surface area (Å²) in [6, 6.07) is 0. The number of rotatable bonds is 10. The van der Waals surface area contributed by atoms with E-state index in [-0.39, 0.29) is 5.91 Å². The van der Waals surface area contributed by atoms with Gasteiger partial charge in [0.2, 0.25) is 5.91 Å². The molecule has 1 rings (SSSR count). The fraction of sp³-hybridized carbons (Fsp3) is 0.706. The Balaban J connectivity index is 2.71. The van der Waals surface area contributed by atoms with Crippen molar-refractivity contribution < 1.29 is 14.3 Å². The third-order valence-electron chi connectivity index (χ3n) is 3.33. The zero-order valence-electron chi connectivity index (χ0n) is 14.6. The van der Waals surface area contributed by atoms with E-state index in [4.69, 9.17) is 4.74 Å². The van der Waals surface area contributed by atoms with Crippen LogP contribution in [0.3, 0.4) is 0 Å². The van der Waals surface area contributed by atoms with Crippen LogP contribution in [-0.2, 0) is 16.1 Å². The highest BCUT2D eigenvalue weighted by molar-refractivity contribution is 7.09. The van der Waals surface area contributed by atoms with Gasteiger partial charge in [-0.1, -0.05) is 33.6 Å². The number of carbonyl (C=O) groups excluding carboxylic acids is 2. The molecule has 1 amide bonds. The molecule has 0 atom stereocenters. The molecule has 0 radical (unpaired) electrons. The highest BCUT2D eigenvalue weighted by Gasteiger charge is 2.18. The summed E-state index contributed by atoms with van der Waals surface area (Å²) in [5, 5.41) is 2.48. The molecule has 5 nitrogen and oxygen atoms in total. The topological polar surface area (TPSA) is 59.5 Å². The number of thiazole rings is 1. The minimum atomic E-state index is -0.402. The number of hydrogen-bond donors (Lipinski definition) is 0. The van der Waals surface area contributed by atoms with Crippen LogP contribution < -0.4 is 0 Å². The summed E-state index contributed by atoms with van der Waals surface area (Å²) in [6.45, 7) is 9.56. The van der Waals surface area contributed by atoms with Crippen molar-refractivity contribution in [3.63, 3.8) is 0 Å². The molecule has 0 saturated heterocycles. The molecule has 0 unspecified atom stereocenters. The van der Waals surface area contributed by atoms with Crippen molar-refractivity contribution in [3.05, 3.63) is 16.1 Å². The molecular weight excluding hydrogens is 312 g/mol. The fourth-order valence-electron chi connectivity index (χ4n) is 2.17. The SMILES string of the molecule is CCCCCN(Cc1nc(C(=O)OCC)cs1)C(=O)CC(C)C. The second-order valence-corrected chi connectivity index (χ2v) is 6.91. The Morgan fingerprint density at radius 2 is 2.04 bits per heavy atom. The molecule has 0 bridgehead atoms. The van der Waals surface area contributed by atoms with Gasteiger partial charge < -0.3 is 9.64 Å². The molecule has 1 aromatic rings. The molecule has 0 aliphatic heterocycles. The maximum atomic E-state index is 12.4. The number of unbranched alkanes of at least 4 members (excludes halogenated alkanes) is 2. The van der Waals surface area contributed by atoms with E-state index < -0.39 is 5.97 Å². The first kappa shape index (κ1) is 19.6. The van der Waals surface area contributed by atoms with Crippen LogP contribution in [0.2, 0.25) is 0 Å². The molecule has 23 heavy (non-hydrogen) atoms. The zero-order chi connectivity index (χ0) is 17.2. The molecule has 0 saturated carbocycles. The van der Waals surface area contributed by atoms with Gasteiger partial charge in [-0.25, -0.2) is 9.78 Å². The Kier molecular flexibility index (Phi) is 8.84. The van der Waals surface area contributed by atoms with Gasteiger partial charge >= 0.3 is 5.97 Å². The maximum absolute atomic E-state index is 12.4. The zero-order valence-corrected chi connectivity index (χ0v) is 15.4. The first-order chi connectivity index (χ1) is 11.0. The van der Waals surface area contributed by atoms with Gasteiger partial charge in [-0.2, -0.15) is 0 Å². The number of aromatic nitrogens is 1. The molecular formula is C17H28N2O3S. The van der Waals surface area contributed by atoms with E-state index in [1.807, 2.05) is 18.7 Å². The van der Waals surface area contributed by atoms with Gasteiger partial charge in [-0.3, -0.25) is 4.79 Å².